The minimum Gasteiger partial charge on any atom is -0.465 e. The Labute approximate surface area is 142 Å². The van der Waals surface area contributed by atoms with E-state index >= 15 is 0 Å². The molecule has 0 aromatic carbocycles. The molecule has 0 spiro atoms. The Morgan fingerprint density at radius 1 is 0.842 bits per heavy atom. The molecule has 0 aliphatic rings. The molecule has 112 valence electrons. The van der Waals surface area contributed by atoms with Crippen LogP contribution in [0.2, 0.25) is 0 Å². The van der Waals surface area contributed by atoms with Crippen LogP contribution in [0.4, 0.5) is 0 Å². The van der Waals surface area contributed by atoms with Crippen molar-refractivity contribution in [3.8, 4) is 0 Å². The summed E-state index contributed by atoms with van der Waals surface area (Å²) in [6.07, 6.45) is 4.13. The van der Waals surface area contributed by atoms with Gasteiger partial charge in [-0.1, -0.05) is 59.0 Å². The van der Waals surface area contributed by atoms with Crippen molar-refractivity contribution in [1.82, 2.24) is 0 Å². The largest absolute Gasteiger partial charge is 0.465 e. The predicted molar refractivity (Wildman–Crippen MR) is 92.0 cm³/mol. The van der Waals surface area contributed by atoms with E-state index in [-0.39, 0.29) is 19.8 Å². The molecule has 0 amide bonds. The van der Waals surface area contributed by atoms with Gasteiger partial charge in [-0.25, -0.2) is 0 Å². The average Bonchev–Trinajstić information content (AvgIpc) is 2.43. The minimum absolute atomic E-state index is 0.0480. The van der Waals surface area contributed by atoms with E-state index in [1.165, 1.54) is 0 Å². The molecule has 0 saturated heterocycles. The normalized spacial score (nSPS) is 13.7. The van der Waals surface area contributed by atoms with Gasteiger partial charge in [-0.15, -0.1) is 0 Å². The molecule has 0 N–H and O–H groups in total. The smallest absolute Gasteiger partial charge is 0.318 e. The van der Waals surface area contributed by atoms with Crippen molar-refractivity contribution in [3.63, 3.8) is 0 Å². The summed E-state index contributed by atoms with van der Waals surface area (Å²) in [5.74, 6) is -0.268. The van der Waals surface area contributed by atoms with Crippen LogP contribution in [-0.2, 0) is 19.1 Å². The van der Waals surface area contributed by atoms with Gasteiger partial charge in [-0.05, 0) is 32.1 Å². The van der Waals surface area contributed by atoms with Gasteiger partial charge in [0.2, 0.25) is 0 Å². The molecule has 0 fully saturated rings. The number of rotatable bonds is 10. The van der Waals surface area contributed by atoms with Crippen molar-refractivity contribution in [2.24, 2.45) is 0 Å². The summed E-state index contributed by atoms with van der Waals surface area (Å²) in [6, 6.07) is 0. The highest BCUT2D eigenvalue weighted by molar-refractivity contribution is 14.1. The number of hydrogen-bond donors (Lipinski definition) is 0. The molecule has 0 bridgehead atoms. The van der Waals surface area contributed by atoms with Gasteiger partial charge in [0, 0.05) is 0 Å². The zero-order chi connectivity index (χ0) is 14.7. The van der Waals surface area contributed by atoms with Crippen molar-refractivity contribution in [3.05, 3.63) is 0 Å². The third kappa shape index (κ3) is 9.86. The number of carbonyl (C=O) groups is 2. The van der Waals surface area contributed by atoms with E-state index in [1.54, 1.807) is 0 Å². The van der Waals surface area contributed by atoms with Crippen molar-refractivity contribution < 1.29 is 19.1 Å². The zero-order valence-electron chi connectivity index (χ0n) is 11.5. The van der Waals surface area contributed by atoms with Crippen LogP contribution in [0.5, 0.6) is 0 Å². The summed E-state index contributed by atoms with van der Waals surface area (Å²) in [7, 11) is 0. The SMILES string of the molecule is CCC(I)C(=O)OCCCCCOC(=O)C(I)CC. The topological polar surface area (TPSA) is 52.6 Å². The van der Waals surface area contributed by atoms with Gasteiger partial charge in [0.15, 0.2) is 0 Å². The highest BCUT2D eigenvalue weighted by atomic mass is 127. The first kappa shape index (κ1) is 19.4. The molecule has 0 aliphatic heterocycles. The second-order valence-electron chi connectivity index (χ2n) is 4.15. The number of unbranched alkanes of at least 4 members (excludes halogenated alkanes) is 2. The van der Waals surface area contributed by atoms with Gasteiger partial charge in [0.1, 0.15) is 7.85 Å². The van der Waals surface area contributed by atoms with Gasteiger partial charge in [-0.2, -0.15) is 0 Å². The Morgan fingerprint density at radius 3 is 1.53 bits per heavy atom. The Hall–Kier alpha value is 0.400. The average molecular weight is 496 g/mol. The van der Waals surface area contributed by atoms with Gasteiger partial charge >= 0.3 is 11.9 Å². The first-order chi connectivity index (χ1) is 9.02. The third-order valence-electron chi connectivity index (χ3n) is 2.51. The summed E-state index contributed by atoms with van der Waals surface area (Å²) in [5.41, 5.74) is 0. The summed E-state index contributed by atoms with van der Waals surface area (Å²) >= 11 is 4.18. The van der Waals surface area contributed by atoms with Crippen LogP contribution in [0.1, 0.15) is 46.0 Å². The molecule has 0 aliphatic carbocycles. The van der Waals surface area contributed by atoms with Crippen molar-refractivity contribution >= 4 is 57.1 Å². The third-order valence-corrected chi connectivity index (χ3v) is 5.28. The monoisotopic (exact) mass is 496 g/mol. The molecule has 0 saturated carbocycles. The summed E-state index contributed by atoms with van der Waals surface area (Å²) in [5, 5.41) is 0. The quantitative estimate of drug-likeness (QED) is 0.201. The second-order valence-corrected chi connectivity index (χ2v) is 7.15. The number of esters is 2. The van der Waals surface area contributed by atoms with Crippen LogP contribution >= 0.6 is 45.2 Å². The van der Waals surface area contributed by atoms with E-state index in [2.05, 4.69) is 45.2 Å². The highest BCUT2D eigenvalue weighted by Crippen LogP contribution is 2.09. The van der Waals surface area contributed by atoms with Crippen LogP contribution in [0.25, 0.3) is 0 Å². The van der Waals surface area contributed by atoms with Gasteiger partial charge in [0.05, 0.1) is 13.2 Å². The van der Waals surface area contributed by atoms with Gasteiger partial charge in [-0.3, -0.25) is 9.59 Å². The summed E-state index contributed by atoms with van der Waals surface area (Å²) in [4.78, 5) is 22.7. The highest BCUT2D eigenvalue weighted by Gasteiger charge is 2.14. The molecule has 0 aromatic rings. The lowest BCUT2D eigenvalue weighted by Gasteiger charge is -2.09. The Bertz CT molecular complexity index is 245. The van der Waals surface area contributed by atoms with Crippen molar-refractivity contribution in [1.29, 1.82) is 0 Å². The molecule has 2 atom stereocenters. The minimum atomic E-state index is -0.134. The van der Waals surface area contributed by atoms with E-state index in [4.69, 9.17) is 9.47 Å². The number of halogens is 2. The fourth-order valence-corrected chi connectivity index (χ4v) is 1.60. The fourth-order valence-electron chi connectivity index (χ4n) is 1.24. The van der Waals surface area contributed by atoms with Crippen LogP contribution in [-0.4, -0.2) is 33.0 Å². The van der Waals surface area contributed by atoms with E-state index in [0.29, 0.717) is 13.2 Å². The first-order valence-electron chi connectivity index (χ1n) is 6.64. The lowest BCUT2D eigenvalue weighted by molar-refractivity contribution is -0.143. The molecule has 2 unspecified atom stereocenters. The molecule has 0 heterocycles. The first-order valence-corrected chi connectivity index (χ1v) is 9.13. The van der Waals surface area contributed by atoms with Crippen molar-refractivity contribution in [2.45, 2.75) is 53.8 Å². The van der Waals surface area contributed by atoms with Gasteiger partial charge in [0.25, 0.3) is 0 Å². The molecule has 4 nitrogen and oxygen atoms in total. The Morgan fingerprint density at radius 2 is 1.21 bits per heavy atom. The number of hydrogen-bond acceptors (Lipinski definition) is 4. The Balaban J connectivity index is 3.42. The molecule has 0 radical (unpaired) electrons. The standard InChI is InChI=1S/C13H22I2O4/c1-3-10(14)12(16)18-8-6-5-7-9-19-13(17)11(15)4-2/h10-11H,3-9H2,1-2H3. The predicted octanol–water partition coefficient (Wildman–Crippen LogP) is 3.67. The molecule has 0 aromatic heterocycles. The van der Waals surface area contributed by atoms with E-state index < -0.39 is 0 Å². The lowest BCUT2D eigenvalue weighted by Crippen LogP contribution is -2.17. The number of ether oxygens (including phenoxy) is 2. The molecular weight excluding hydrogens is 474 g/mol. The van der Waals surface area contributed by atoms with E-state index in [9.17, 15) is 9.59 Å². The second kappa shape index (κ2) is 12.2. The molecular formula is C13H22I2O4. The van der Waals surface area contributed by atoms with Crippen LogP contribution in [0.15, 0.2) is 0 Å². The molecule has 0 rings (SSSR count). The maximum atomic E-state index is 11.4. The van der Waals surface area contributed by atoms with Crippen molar-refractivity contribution in [2.75, 3.05) is 13.2 Å². The molecule has 19 heavy (non-hydrogen) atoms. The van der Waals surface area contributed by atoms with E-state index in [0.717, 1.165) is 32.1 Å². The van der Waals surface area contributed by atoms with E-state index in [1.807, 2.05) is 13.8 Å². The summed E-state index contributed by atoms with van der Waals surface area (Å²) < 4.78 is 10.1. The summed E-state index contributed by atoms with van der Waals surface area (Å²) in [6.45, 7) is 4.83. The maximum absolute atomic E-state index is 11.4. The number of carbonyl (C=O) groups excluding carboxylic acids is 2. The Kier molecular flexibility index (Phi) is 12.4. The lowest BCUT2D eigenvalue weighted by atomic mass is 10.2. The van der Waals surface area contributed by atoms with Crippen LogP contribution < -0.4 is 0 Å². The molecule has 6 heteroatoms. The zero-order valence-corrected chi connectivity index (χ0v) is 15.8. The van der Waals surface area contributed by atoms with Crippen LogP contribution in [0.3, 0.4) is 0 Å². The van der Waals surface area contributed by atoms with Gasteiger partial charge < -0.3 is 9.47 Å². The fraction of sp³-hybridized carbons (Fsp3) is 0.846. The maximum Gasteiger partial charge on any atom is 0.318 e. The number of alkyl halides is 2. The van der Waals surface area contributed by atoms with Crippen LogP contribution in [0, 0.1) is 0 Å².